The number of benzene rings is 7. The molecule has 0 aliphatic rings. The molecule has 0 spiro atoms. The maximum Gasteiger partial charge on any atom is 0.269 e. The lowest BCUT2D eigenvalue weighted by molar-refractivity contribution is -0.571. The predicted octanol–water partition coefficient (Wildman–Crippen LogP) is 14.1. The van der Waals surface area contributed by atoms with Crippen LogP contribution in [0.15, 0.2) is 182 Å². The van der Waals surface area contributed by atoms with E-state index < -0.39 is 18.2 Å². The van der Waals surface area contributed by atoms with Crippen LogP contribution in [0.3, 0.4) is 0 Å². The van der Waals surface area contributed by atoms with E-state index in [4.69, 9.17) is 15.2 Å². The maximum absolute atomic E-state index is 9.08. The van der Waals surface area contributed by atoms with Crippen LogP contribution in [0.1, 0.15) is 51.2 Å². The van der Waals surface area contributed by atoms with Gasteiger partial charge in [-0.05, 0) is 112 Å². The van der Waals surface area contributed by atoms with Gasteiger partial charge in [0.1, 0.15) is 17.3 Å². The van der Waals surface area contributed by atoms with Gasteiger partial charge in [-0.3, -0.25) is 13.7 Å². The number of hydrogen-bond donors (Lipinski definition) is 0. The molecule has 3 aromatic heterocycles. The molecule has 0 saturated heterocycles. The number of pyridine rings is 1. The summed E-state index contributed by atoms with van der Waals surface area (Å²) >= 11 is 0. The van der Waals surface area contributed by atoms with E-state index in [0.29, 0.717) is 28.4 Å². The minimum atomic E-state index is -1.64. The first-order valence-corrected chi connectivity index (χ1v) is 21.2. The Balaban J connectivity index is 1.09. The molecule has 0 unspecified atom stereocenters. The standard InChI is InChI=1S/C57H50N4O/c1-39(2)32-40-26-29-51-50(33-40)49-28-27-46(36-54(49)61(51)55-34-41(30-31-58-55)37-57(3,4)5)62-45-21-14-20-44(35-45)59-38-60(53-25-13-12-24-52(53)59)56-47(42-16-8-6-9-17-42)22-15-23-48(56)43-18-10-7-11-19-43/h6-31,33-36,39H,32,37H2,1-5H3/i32D2,37D2. The van der Waals surface area contributed by atoms with Crippen LogP contribution >= 0.6 is 0 Å². The van der Waals surface area contributed by atoms with E-state index >= 15 is 0 Å². The molecule has 5 nitrogen and oxygen atoms in total. The van der Waals surface area contributed by atoms with Crippen LogP contribution < -0.4 is 9.30 Å². The summed E-state index contributed by atoms with van der Waals surface area (Å²) in [6.45, 7) is 9.49. The van der Waals surface area contributed by atoms with E-state index in [0.717, 1.165) is 66.5 Å². The average molecular weight is 811 g/mol. The Kier molecular flexibility index (Phi) is 8.89. The second-order valence-corrected chi connectivity index (χ2v) is 17.1. The molecule has 0 amide bonds. The molecule has 0 fully saturated rings. The molecule has 0 aliphatic heterocycles. The zero-order valence-electron chi connectivity index (χ0n) is 39.6. The first-order chi connectivity index (χ1) is 31.7. The summed E-state index contributed by atoms with van der Waals surface area (Å²) in [4.78, 5) is 4.80. The van der Waals surface area contributed by atoms with Crippen molar-refractivity contribution in [3.63, 3.8) is 0 Å². The molecule has 0 N–H and O–H groups in total. The highest BCUT2D eigenvalue weighted by atomic mass is 16.5. The Bertz CT molecular complexity index is 3360. The van der Waals surface area contributed by atoms with Crippen molar-refractivity contribution in [2.75, 3.05) is 0 Å². The molecule has 0 bridgehead atoms. The van der Waals surface area contributed by atoms with Crippen molar-refractivity contribution in [3.8, 4) is 50.9 Å². The van der Waals surface area contributed by atoms with E-state index in [9.17, 15) is 0 Å². The van der Waals surface area contributed by atoms with E-state index in [1.807, 2.05) is 112 Å². The first-order valence-electron chi connectivity index (χ1n) is 23.2. The number of ether oxygens (including phenoxy) is 1. The molecule has 0 aliphatic carbocycles. The summed E-state index contributed by atoms with van der Waals surface area (Å²) in [5.41, 5.74) is 10.4. The molecular formula is C57H50N4O. The normalized spacial score (nSPS) is 13.3. The average Bonchev–Trinajstić information content (AvgIpc) is 3.87. The molecule has 5 heteroatoms. The SMILES string of the molecule is [2H]C([2H])(c1ccc2c(c1)c1ccc(Oc3cccc(-n4[c-][n+](-c5c(-c6ccccc6)cccc5-c5ccccc5)c5ccccc54)c3)cc1n2-c1cc(C([2H])([2H])C(C)(C)C)ccn1)C(C)C. The van der Waals surface area contributed by atoms with Crippen molar-refractivity contribution in [1.82, 2.24) is 14.1 Å². The Morgan fingerprint density at radius 2 is 1.32 bits per heavy atom. The fraction of sp³-hybridized carbons (Fsp3) is 0.158. The van der Waals surface area contributed by atoms with E-state index in [-0.39, 0.29) is 5.92 Å². The van der Waals surface area contributed by atoms with Crippen molar-refractivity contribution >= 4 is 32.8 Å². The smallest absolute Gasteiger partial charge is 0.269 e. The number of aromatic nitrogens is 4. The van der Waals surface area contributed by atoms with E-state index in [1.54, 1.807) is 12.3 Å². The largest absolute Gasteiger partial charge is 0.458 e. The van der Waals surface area contributed by atoms with Gasteiger partial charge in [0, 0.05) is 28.5 Å². The van der Waals surface area contributed by atoms with Crippen LogP contribution in [0.5, 0.6) is 11.5 Å². The Labute approximate surface area is 369 Å². The number of fused-ring (bicyclic) bond motifs is 4. The summed E-state index contributed by atoms with van der Waals surface area (Å²) in [7, 11) is 0. The number of imidazole rings is 1. The van der Waals surface area contributed by atoms with Crippen molar-refractivity contribution in [2.45, 2.75) is 47.4 Å². The number of para-hydroxylation sites is 3. The lowest BCUT2D eigenvalue weighted by Gasteiger charge is -2.18. The van der Waals surface area contributed by atoms with Gasteiger partial charge in [-0.25, -0.2) is 4.98 Å². The summed E-state index contributed by atoms with van der Waals surface area (Å²) in [6, 6.07) is 59.1. The molecule has 7 aromatic carbocycles. The molecule has 0 atom stereocenters. The fourth-order valence-electron chi connectivity index (χ4n) is 8.51. The maximum atomic E-state index is 9.08. The Morgan fingerprint density at radius 1 is 0.629 bits per heavy atom. The van der Waals surface area contributed by atoms with Crippen LogP contribution in [0, 0.1) is 17.7 Å². The summed E-state index contributed by atoms with van der Waals surface area (Å²) in [5, 5.41) is 1.78. The summed E-state index contributed by atoms with van der Waals surface area (Å²) in [5.74, 6) is 1.56. The van der Waals surface area contributed by atoms with Gasteiger partial charge in [0.2, 0.25) is 0 Å². The highest BCUT2D eigenvalue weighted by Crippen LogP contribution is 2.38. The fourth-order valence-corrected chi connectivity index (χ4v) is 8.51. The van der Waals surface area contributed by atoms with Crippen molar-refractivity contribution in [2.24, 2.45) is 11.3 Å². The van der Waals surface area contributed by atoms with Crippen molar-refractivity contribution in [3.05, 3.63) is 200 Å². The van der Waals surface area contributed by atoms with Gasteiger partial charge in [0.05, 0.1) is 33.4 Å². The zero-order chi connectivity index (χ0) is 46.0. The van der Waals surface area contributed by atoms with Crippen molar-refractivity contribution < 1.29 is 14.8 Å². The quantitative estimate of drug-likeness (QED) is 0.102. The first kappa shape index (κ1) is 34.5. The topological polar surface area (TPSA) is 35.9 Å². The molecule has 62 heavy (non-hydrogen) atoms. The van der Waals surface area contributed by atoms with Crippen LogP contribution in [0.25, 0.3) is 72.3 Å². The van der Waals surface area contributed by atoms with Gasteiger partial charge in [-0.15, -0.1) is 0 Å². The van der Waals surface area contributed by atoms with Crippen LogP contribution in [-0.2, 0) is 12.7 Å². The van der Waals surface area contributed by atoms with Crippen LogP contribution in [0.4, 0.5) is 0 Å². The lowest BCUT2D eigenvalue weighted by atomic mass is 9.88. The van der Waals surface area contributed by atoms with Gasteiger partial charge in [-0.2, -0.15) is 0 Å². The third kappa shape index (κ3) is 7.56. The molecular weight excluding hydrogens is 757 g/mol. The highest BCUT2D eigenvalue weighted by molar-refractivity contribution is 6.09. The van der Waals surface area contributed by atoms with Crippen molar-refractivity contribution in [1.29, 1.82) is 0 Å². The van der Waals surface area contributed by atoms with E-state index in [1.165, 1.54) is 0 Å². The second kappa shape index (κ2) is 16.0. The predicted molar refractivity (Wildman–Crippen MR) is 255 cm³/mol. The molecule has 3 heterocycles. The Hall–Kier alpha value is -7.24. The Morgan fingerprint density at radius 3 is 2.05 bits per heavy atom. The second-order valence-electron chi connectivity index (χ2n) is 17.1. The summed E-state index contributed by atoms with van der Waals surface area (Å²) < 4.78 is 49.1. The van der Waals surface area contributed by atoms with E-state index in [2.05, 4.69) is 113 Å². The number of rotatable bonds is 10. The highest BCUT2D eigenvalue weighted by Gasteiger charge is 2.21. The third-order valence-corrected chi connectivity index (χ3v) is 11.0. The van der Waals surface area contributed by atoms with Gasteiger partial charge in [-0.1, -0.05) is 150 Å². The third-order valence-electron chi connectivity index (χ3n) is 11.0. The number of nitrogens with zero attached hydrogens (tertiary/aromatic N) is 4. The van der Waals surface area contributed by atoms with Crippen LogP contribution in [-0.4, -0.2) is 14.1 Å². The summed E-state index contributed by atoms with van der Waals surface area (Å²) in [6.07, 6.45) is 2.24. The molecule has 0 radical (unpaired) electrons. The van der Waals surface area contributed by atoms with Crippen LogP contribution in [0.2, 0.25) is 0 Å². The number of hydrogen-bond acceptors (Lipinski definition) is 2. The molecule has 10 rings (SSSR count). The van der Waals surface area contributed by atoms with Gasteiger partial charge in [0.25, 0.3) is 6.33 Å². The molecule has 0 saturated carbocycles. The minimum Gasteiger partial charge on any atom is -0.458 e. The minimum absolute atomic E-state index is 0.235. The monoisotopic (exact) mass is 810 g/mol. The van der Waals surface area contributed by atoms with Gasteiger partial charge in [0.15, 0.2) is 0 Å². The van der Waals surface area contributed by atoms with Gasteiger partial charge < -0.3 is 4.74 Å². The van der Waals surface area contributed by atoms with Gasteiger partial charge >= 0.3 is 0 Å². The zero-order valence-corrected chi connectivity index (χ0v) is 35.6. The lowest BCUT2D eigenvalue weighted by Crippen LogP contribution is -2.31. The molecule has 10 aromatic rings. The molecule has 304 valence electrons.